The van der Waals surface area contributed by atoms with E-state index < -0.39 is 18.4 Å². The van der Waals surface area contributed by atoms with E-state index in [-0.39, 0.29) is 5.69 Å². The predicted octanol–water partition coefficient (Wildman–Crippen LogP) is 3.59. The second-order valence-electron chi connectivity index (χ2n) is 2.99. The Labute approximate surface area is 87.1 Å². The van der Waals surface area contributed by atoms with E-state index in [1.165, 1.54) is 35.6 Å². The van der Waals surface area contributed by atoms with Gasteiger partial charge in [-0.1, -0.05) is 18.2 Å². The molecule has 0 saturated heterocycles. The van der Waals surface area contributed by atoms with E-state index in [1.54, 1.807) is 0 Å². The molecule has 1 rings (SSSR count). The topological polar surface area (TPSA) is 12.0 Å². The molecule has 0 spiro atoms. The van der Waals surface area contributed by atoms with Crippen LogP contribution >= 0.6 is 0 Å². The van der Waals surface area contributed by atoms with E-state index in [2.05, 4.69) is 0 Å². The Kier molecular flexibility index (Phi) is 3.35. The largest absolute Gasteiger partial charge is 0.458 e. The van der Waals surface area contributed by atoms with Crippen molar-refractivity contribution in [3.8, 4) is 0 Å². The van der Waals surface area contributed by atoms with Gasteiger partial charge in [0.15, 0.2) is 0 Å². The van der Waals surface area contributed by atoms with Crippen molar-refractivity contribution in [1.82, 2.24) is 0 Å². The second-order valence-corrected chi connectivity index (χ2v) is 2.99. The lowest BCUT2D eigenvalue weighted by molar-refractivity contribution is -0.299. The molecule has 0 saturated carbocycles. The van der Waals surface area contributed by atoms with Gasteiger partial charge in [0.2, 0.25) is 6.30 Å². The van der Waals surface area contributed by atoms with Crippen LogP contribution in [-0.2, 0) is 0 Å². The van der Waals surface area contributed by atoms with Gasteiger partial charge in [0.1, 0.15) is 0 Å². The van der Waals surface area contributed by atoms with Crippen LogP contribution in [0, 0.1) is 0 Å². The maximum absolute atomic E-state index is 12.8. The first-order valence-electron chi connectivity index (χ1n) is 4.15. The maximum Gasteiger partial charge on any atom is 0.458 e. The number of hydrogen-bond donors (Lipinski definition) is 1. The zero-order valence-corrected chi connectivity index (χ0v) is 7.73. The van der Waals surface area contributed by atoms with Crippen LogP contribution in [0.15, 0.2) is 30.3 Å². The molecule has 0 amide bonds. The zero-order chi connectivity index (χ0) is 12.4. The molecule has 1 aromatic rings. The number of alkyl halides is 6. The monoisotopic (exact) mass is 243 g/mol. The number of hydrogen-bond acceptors (Lipinski definition) is 1. The highest BCUT2D eigenvalue weighted by molar-refractivity contribution is 5.43. The summed E-state index contributed by atoms with van der Waals surface area (Å²) in [5.41, 5.74) is -0.154. The number of benzene rings is 1. The third-order valence-electron chi connectivity index (χ3n) is 1.76. The molecular weight excluding hydrogens is 236 g/mol. The minimum atomic E-state index is -5.92. The Bertz CT molecular complexity index is 334. The second kappa shape index (κ2) is 4.23. The van der Waals surface area contributed by atoms with Gasteiger partial charge in [-0.2, -0.15) is 22.0 Å². The van der Waals surface area contributed by atoms with E-state index in [0.29, 0.717) is 0 Å². The molecular formula is C9H7F6N. The molecule has 1 unspecified atom stereocenters. The molecule has 7 heteroatoms. The highest BCUT2D eigenvalue weighted by Gasteiger charge is 2.63. The molecule has 0 aromatic heterocycles. The molecule has 0 aliphatic heterocycles. The number of rotatable bonds is 3. The van der Waals surface area contributed by atoms with Crippen molar-refractivity contribution < 1.29 is 26.3 Å². The standard InChI is InChI=1S/C9H7F6N/c10-7(8(11,12)9(13,14)15)16-6-4-2-1-3-5-6/h1-5,7,16H. The highest BCUT2D eigenvalue weighted by Crippen LogP contribution is 2.39. The minimum Gasteiger partial charge on any atom is -0.351 e. The summed E-state index contributed by atoms with van der Waals surface area (Å²) in [5.74, 6) is -5.43. The van der Waals surface area contributed by atoms with Crippen LogP contribution in [0.25, 0.3) is 0 Å². The molecule has 1 atom stereocenters. The van der Waals surface area contributed by atoms with Crippen molar-refractivity contribution in [2.45, 2.75) is 18.4 Å². The third kappa shape index (κ3) is 2.59. The lowest BCUT2D eigenvalue weighted by Gasteiger charge is -2.24. The molecule has 16 heavy (non-hydrogen) atoms. The minimum absolute atomic E-state index is 0.154. The summed E-state index contributed by atoms with van der Waals surface area (Å²) in [7, 11) is 0. The summed E-state index contributed by atoms with van der Waals surface area (Å²) in [6, 6.07) is 6.62. The Balaban J connectivity index is 2.76. The number of nitrogens with one attached hydrogen (secondary N) is 1. The normalized spacial score (nSPS) is 14.6. The molecule has 0 aliphatic rings. The summed E-state index contributed by atoms with van der Waals surface area (Å²) in [5, 5.41) is 1.45. The Morgan fingerprint density at radius 3 is 1.88 bits per heavy atom. The molecule has 1 nitrogen and oxygen atoms in total. The fourth-order valence-electron chi connectivity index (χ4n) is 0.915. The number of para-hydroxylation sites is 1. The summed E-state index contributed by atoms with van der Waals surface area (Å²) in [6.07, 6.45) is -9.44. The quantitative estimate of drug-likeness (QED) is 0.631. The fourth-order valence-corrected chi connectivity index (χ4v) is 0.915. The van der Waals surface area contributed by atoms with Gasteiger partial charge in [0.05, 0.1) is 0 Å². The number of halogens is 6. The summed E-state index contributed by atoms with van der Waals surface area (Å²) in [6.45, 7) is 0. The third-order valence-corrected chi connectivity index (χ3v) is 1.76. The van der Waals surface area contributed by atoms with Gasteiger partial charge < -0.3 is 5.32 Å². The van der Waals surface area contributed by atoms with E-state index in [0.717, 1.165) is 0 Å². The van der Waals surface area contributed by atoms with Crippen molar-refractivity contribution in [1.29, 1.82) is 0 Å². The molecule has 0 heterocycles. The predicted molar refractivity (Wildman–Crippen MR) is 46.0 cm³/mol. The summed E-state index contributed by atoms with van der Waals surface area (Å²) >= 11 is 0. The number of anilines is 1. The van der Waals surface area contributed by atoms with Gasteiger partial charge in [0.25, 0.3) is 0 Å². The Morgan fingerprint density at radius 1 is 0.938 bits per heavy atom. The van der Waals surface area contributed by atoms with E-state index in [1.807, 2.05) is 0 Å². The summed E-state index contributed by atoms with van der Waals surface area (Å²) in [4.78, 5) is 0. The first kappa shape index (κ1) is 12.7. The van der Waals surface area contributed by atoms with Crippen LogP contribution in [0.3, 0.4) is 0 Å². The smallest absolute Gasteiger partial charge is 0.351 e. The molecule has 90 valence electrons. The molecule has 0 bridgehead atoms. The van der Waals surface area contributed by atoms with Crippen molar-refractivity contribution in [3.05, 3.63) is 30.3 Å². The van der Waals surface area contributed by atoms with Crippen LogP contribution in [0.5, 0.6) is 0 Å². The van der Waals surface area contributed by atoms with Crippen molar-refractivity contribution in [3.63, 3.8) is 0 Å². The zero-order valence-electron chi connectivity index (χ0n) is 7.73. The summed E-state index contributed by atoms with van der Waals surface area (Å²) < 4.78 is 72.9. The van der Waals surface area contributed by atoms with Gasteiger partial charge in [-0.05, 0) is 12.1 Å². The maximum atomic E-state index is 12.8. The van der Waals surface area contributed by atoms with Gasteiger partial charge >= 0.3 is 12.1 Å². The van der Waals surface area contributed by atoms with Crippen molar-refractivity contribution >= 4 is 5.69 Å². The van der Waals surface area contributed by atoms with Crippen LogP contribution in [0.4, 0.5) is 32.0 Å². The van der Waals surface area contributed by atoms with Gasteiger partial charge in [0, 0.05) is 5.69 Å². The lowest BCUT2D eigenvalue weighted by Crippen LogP contribution is -2.48. The van der Waals surface area contributed by atoms with Crippen LogP contribution in [-0.4, -0.2) is 18.4 Å². The van der Waals surface area contributed by atoms with Crippen molar-refractivity contribution in [2.24, 2.45) is 0 Å². The average molecular weight is 243 g/mol. The Hall–Kier alpha value is -1.40. The van der Waals surface area contributed by atoms with E-state index >= 15 is 0 Å². The molecule has 0 aliphatic carbocycles. The first-order valence-corrected chi connectivity index (χ1v) is 4.15. The van der Waals surface area contributed by atoms with Crippen LogP contribution in [0.2, 0.25) is 0 Å². The van der Waals surface area contributed by atoms with Crippen molar-refractivity contribution in [2.75, 3.05) is 5.32 Å². The fraction of sp³-hybridized carbons (Fsp3) is 0.333. The SMILES string of the molecule is FC(Nc1ccccc1)C(F)(F)C(F)(F)F. The van der Waals surface area contributed by atoms with Crippen LogP contribution < -0.4 is 5.32 Å². The van der Waals surface area contributed by atoms with Gasteiger partial charge in [-0.25, -0.2) is 4.39 Å². The highest BCUT2D eigenvalue weighted by atomic mass is 19.4. The lowest BCUT2D eigenvalue weighted by atomic mass is 10.2. The average Bonchev–Trinajstić information content (AvgIpc) is 2.17. The van der Waals surface area contributed by atoms with Gasteiger partial charge in [-0.15, -0.1) is 0 Å². The van der Waals surface area contributed by atoms with E-state index in [9.17, 15) is 26.3 Å². The van der Waals surface area contributed by atoms with Gasteiger partial charge in [-0.3, -0.25) is 0 Å². The molecule has 0 fully saturated rings. The van der Waals surface area contributed by atoms with E-state index in [4.69, 9.17) is 0 Å². The Morgan fingerprint density at radius 2 is 1.44 bits per heavy atom. The molecule has 1 N–H and O–H groups in total. The molecule has 1 aromatic carbocycles. The first-order chi connectivity index (χ1) is 7.25. The molecule has 0 radical (unpaired) electrons. The van der Waals surface area contributed by atoms with Crippen LogP contribution in [0.1, 0.15) is 0 Å².